The summed E-state index contributed by atoms with van der Waals surface area (Å²) in [5, 5.41) is 22.4. The number of aliphatic hydroxyl groups is 1. The van der Waals surface area contributed by atoms with Crippen LogP contribution in [0.3, 0.4) is 0 Å². The van der Waals surface area contributed by atoms with Crippen LogP contribution in [-0.2, 0) is 0 Å². The van der Waals surface area contributed by atoms with Crippen LogP contribution in [0, 0.1) is 5.41 Å². The van der Waals surface area contributed by atoms with E-state index in [-0.39, 0.29) is 28.6 Å². The van der Waals surface area contributed by atoms with Gasteiger partial charge in [-0.15, -0.1) is 0 Å². The number of fused-ring (bicyclic) bond motifs is 1. The Hall–Kier alpha value is -2.35. The first-order valence-electron chi connectivity index (χ1n) is 8.96. The van der Waals surface area contributed by atoms with Gasteiger partial charge in [0.2, 0.25) is 0 Å². The Balaban J connectivity index is 1.73. The zero-order chi connectivity index (χ0) is 20.0. The van der Waals surface area contributed by atoms with Gasteiger partial charge in [0, 0.05) is 22.3 Å². The smallest absolute Gasteiger partial charge is 0.155 e. The molecule has 2 heterocycles. The summed E-state index contributed by atoms with van der Waals surface area (Å²) in [6.07, 6.45) is 4.56. The normalized spacial score (nSPS) is 19.6. The van der Waals surface area contributed by atoms with Gasteiger partial charge in [-0.05, 0) is 37.5 Å². The second kappa shape index (κ2) is 7.24. The fourth-order valence-electron chi connectivity index (χ4n) is 3.58. The van der Waals surface area contributed by atoms with E-state index in [1.807, 2.05) is 30.0 Å². The Labute approximate surface area is 172 Å². The van der Waals surface area contributed by atoms with Crippen molar-refractivity contribution in [2.45, 2.75) is 38.1 Å². The van der Waals surface area contributed by atoms with Crippen LogP contribution in [0.4, 0.5) is 11.6 Å². The molecule has 1 aliphatic carbocycles. The Morgan fingerprint density at radius 3 is 2.82 bits per heavy atom. The Bertz CT molecular complexity index is 975. The van der Waals surface area contributed by atoms with Crippen LogP contribution in [0.25, 0.3) is 6.08 Å². The number of nitrogens with zero attached hydrogens (tertiary/aromatic N) is 3. The second-order valence-electron chi connectivity index (χ2n) is 6.99. The maximum absolute atomic E-state index is 11.1. The first-order valence-corrected chi connectivity index (χ1v) is 9.72. The number of halogens is 2. The van der Waals surface area contributed by atoms with Crippen molar-refractivity contribution in [3.8, 4) is 0 Å². The number of anilines is 2. The third-order valence-corrected chi connectivity index (χ3v) is 5.56. The van der Waals surface area contributed by atoms with Gasteiger partial charge in [-0.3, -0.25) is 5.41 Å². The van der Waals surface area contributed by atoms with Crippen LogP contribution in [-0.4, -0.2) is 37.2 Å². The molecule has 1 aromatic heterocycles. The monoisotopic (exact) mass is 418 g/mol. The third kappa shape index (κ3) is 3.30. The average molecular weight is 419 g/mol. The lowest BCUT2D eigenvalue weighted by molar-refractivity contribution is 0.0163. The molecule has 5 N–H and O–H groups in total. The molecule has 0 bridgehead atoms. The molecule has 9 heteroatoms. The summed E-state index contributed by atoms with van der Waals surface area (Å²) in [6.45, 7) is 1.96. The number of hydrogen-bond acceptors (Lipinski definition) is 7. The molecule has 0 spiro atoms. The second-order valence-corrected chi connectivity index (χ2v) is 7.77. The van der Waals surface area contributed by atoms with Crippen molar-refractivity contribution >= 4 is 46.1 Å². The molecule has 2 unspecified atom stereocenters. The van der Waals surface area contributed by atoms with E-state index in [0.29, 0.717) is 10.8 Å². The molecule has 146 valence electrons. The van der Waals surface area contributed by atoms with Crippen molar-refractivity contribution < 1.29 is 5.11 Å². The average Bonchev–Trinajstić information content (AvgIpc) is 3.46. The van der Waals surface area contributed by atoms with E-state index in [2.05, 4.69) is 15.3 Å². The highest BCUT2D eigenvalue weighted by Crippen LogP contribution is 2.44. The largest absolute Gasteiger partial charge is 0.383 e. The predicted molar refractivity (Wildman–Crippen MR) is 111 cm³/mol. The fraction of sp³-hybridized carbons (Fsp3) is 0.316. The van der Waals surface area contributed by atoms with E-state index in [9.17, 15) is 5.11 Å². The lowest BCUT2D eigenvalue weighted by atomic mass is 9.96. The zero-order valence-electron chi connectivity index (χ0n) is 15.2. The number of aliphatic hydroxyl groups excluding tert-OH is 1. The number of nitrogen functional groups attached to an aromatic ring is 1. The van der Waals surface area contributed by atoms with E-state index in [4.69, 9.17) is 34.3 Å². The maximum Gasteiger partial charge on any atom is 0.155 e. The van der Waals surface area contributed by atoms with Gasteiger partial charge in [0.25, 0.3) is 0 Å². The fourth-order valence-corrected chi connectivity index (χ4v) is 4.05. The summed E-state index contributed by atoms with van der Waals surface area (Å²) >= 11 is 12.2. The van der Waals surface area contributed by atoms with Crippen molar-refractivity contribution in [3.63, 3.8) is 0 Å². The molecule has 1 saturated carbocycles. The van der Waals surface area contributed by atoms with Crippen molar-refractivity contribution in [2.24, 2.45) is 0 Å². The molecule has 7 nitrogen and oxygen atoms in total. The van der Waals surface area contributed by atoms with Crippen molar-refractivity contribution in [3.05, 3.63) is 51.9 Å². The minimum absolute atomic E-state index is 0.138. The van der Waals surface area contributed by atoms with Crippen LogP contribution < -0.4 is 11.1 Å². The lowest BCUT2D eigenvalue weighted by Crippen LogP contribution is -2.39. The van der Waals surface area contributed by atoms with Gasteiger partial charge in [0.15, 0.2) is 6.23 Å². The van der Waals surface area contributed by atoms with Crippen molar-refractivity contribution in [1.29, 1.82) is 5.41 Å². The van der Waals surface area contributed by atoms with Crippen LogP contribution in [0.15, 0.2) is 30.2 Å². The molecule has 0 radical (unpaired) electrons. The molecule has 1 fully saturated rings. The van der Waals surface area contributed by atoms with E-state index < -0.39 is 6.23 Å². The predicted octanol–water partition coefficient (Wildman–Crippen LogP) is 3.59. The van der Waals surface area contributed by atoms with Gasteiger partial charge in [-0.2, -0.15) is 0 Å². The number of benzene rings is 1. The highest BCUT2D eigenvalue weighted by Gasteiger charge is 2.40. The molecule has 2 aliphatic rings. The molecule has 2 aromatic rings. The van der Waals surface area contributed by atoms with Gasteiger partial charge in [0.1, 0.15) is 23.1 Å². The molecular formula is C19H20Cl2N6O. The number of rotatable bonds is 5. The number of nitrogens with two attached hydrogens (primary N) is 1. The summed E-state index contributed by atoms with van der Waals surface area (Å²) in [6, 6.07) is 5.62. The van der Waals surface area contributed by atoms with Crippen molar-refractivity contribution in [2.75, 3.05) is 11.1 Å². The van der Waals surface area contributed by atoms with E-state index in [1.54, 1.807) is 6.07 Å². The quantitative estimate of drug-likeness (QED) is 0.552. The maximum atomic E-state index is 11.1. The minimum atomic E-state index is -0.818. The number of nitrogens with one attached hydrogen (secondary N) is 2. The molecule has 2 atom stereocenters. The van der Waals surface area contributed by atoms with E-state index in [0.717, 1.165) is 29.7 Å². The molecule has 1 aromatic carbocycles. The van der Waals surface area contributed by atoms with Crippen LogP contribution in [0.5, 0.6) is 0 Å². The zero-order valence-corrected chi connectivity index (χ0v) is 16.7. The van der Waals surface area contributed by atoms with E-state index in [1.165, 1.54) is 6.33 Å². The Morgan fingerprint density at radius 2 is 2.14 bits per heavy atom. The summed E-state index contributed by atoms with van der Waals surface area (Å²) in [7, 11) is 0. The van der Waals surface area contributed by atoms with Gasteiger partial charge < -0.3 is 21.1 Å². The molecule has 28 heavy (non-hydrogen) atoms. The highest BCUT2D eigenvalue weighted by molar-refractivity contribution is 6.69. The standard InChI is InChI=1S/C19H20Cl2N6O/c1-9(26-18-15(16(21)22)17(23)24-8-25-18)13-7-10-3-2-4-12(20)14(10)19(28)27(13)11-5-6-11/h2-4,7-9,11,19,22,28H,5-6H2,1H3,(H3,23,24,25,26). The first-order chi connectivity index (χ1) is 13.4. The summed E-state index contributed by atoms with van der Waals surface area (Å²) in [4.78, 5) is 10.1. The summed E-state index contributed by atoms with van der Waals surface area (Å²) in [5.74, 6) is 0.515. The van der Waals surface area contributed by atoms with Crippen LogP contribution >= 0.6 is 23.2 Å². The summed E-state index contributed by atoms with van der Waals surface area (Å²) < 4.78 is 0. The van der Waals surface area contributed by atoms with Crippen LogP contribution in [0.1, 0.15) is 42.7 Å². The lowest BCUT2D eigenvalue weighted by Gasteiger charge is -2.39. The first kappa shape index (κ1) is 19.0. The van der Waals surface area contributed by atoms with Gasteiger partial charge in [-0.1, -0.05) is 35.3 Å². The minimum Gasteiger partial charge on any atom is -0.383 e. The van der Waals surface area contributed by atoms with Crippen molar-refractivity contribution in [1.82, 2.24) is 14.9 Å². The molecule has 4 rings (SSSR count). The Kier molecular flexibility index (Phi) is 4.91. The molecule has 1 aliphatic heterocycles. The summed E-state index contributed by atoms with van der Waals surface area (Å²) in [5.41, 5.74) is 8.64. The SMILES string of the molecule is CC(Nc1ncnc(N)c1C(=N)Cl)C1=Cc2cccc(Cl)c2C(O)N1C1CC1. The molecule has 0 amide bonds. The van der Waals surface area contributed by atoms with Gasteiger partial charge in [0.05, 0.1) is 11.6 Å². The topological polar surface area (TPSA) is 111 Å². The molecular weight excluding hydrogens is 399 g/mol. The van der Waals surface area contributed by atoms with E-state index >= 15 is 0 Å². The van der Waals surface area contributed by atoms with Crippen LogP contribution in [0.2, 0.25) is 5.02 Å². The number of hydrogen-bond donors (Lipinski definition) is 4. The number of aromatic nitrogens is 2. The Morgan fingerprint density at radius 1 is 1.39 bits per heavy atom. The van der Waals surface area contributed by atoms with Gasteiger partial charge in [-0.25, -0.2) is 9.97 Å². The highest BCUT2D eigenvalue weighted by atomic mass is 35.5. The third-order valence-electron chi connectivity index (χ3n) is 5.04. The van der Waals surface area contributed by atoms with Gasteiger partial charge >= 0.3 is 0 Å². The molecule has 0 saturated heterocycles.